The van der Waals surface area contributed by atoms with Crippen molar-refractivity contribution in [3.8, 4) is 11.8 Å². The van der Waals surface area contributed by atoms with Crippen LogP contribution in [0.3, 0.4) is 0 Å². The van der Waals surface area contributed by atoms with Gasteiger partial charge in [0.05, 0.1) is 11.6 Å². The fraction of sp³-hybridized carbons (Fsp3) is 0.632. The minimum absolute atomic E-state index is 0.0848. The van der Waals surface area contributed by atoms with Crippen LogP contribution in [0.5, 0.6) is 5.75 Å². The van der Waals surface area contributed by atoms with E-state index >= 15 is 0 Å². The van der Waals surface area contributed by atoms with Crippen molar-refractivity contribution in [1.82, 2.24) is 0 Å². The van der Waals surface area contributed by atoms with E-state index in [0.29, 0.717) is 5.56 Å². The van der Waals surface area contributed by atoms with Gasteiger partial charge >= 0.3 is 0 Å². The lowest BCUT2D eigenvalue weighted by molar-refractivity contribution is 0.0640. The summed E-state index contributed by atoms with van der Waals surface area (Å²) in [6.45, 7) is 6.70. The van der Waals surface area contributed by atoms with Crippen molar-refractivity contribution in [3.05, 3.63) is 29.8 Å². The minimum atomic E-state index is -0.0848. The third-order valence-electron chi connectivity index (χ3n) is 3.97. The molecule has 116 valence electrons. The number of hydrogen-bond acceptors (Lipinski definition) is 2. The molecule has 1 aromatic carbocycles. The minimum Gasteiger partial charge on any atom is -0.488 e. The summed E-state index contributed by atoms with van der Waals surface area (Å²) in [5.74, 6) is 0.879. The molecular weight excluding hydrogens is 258 g/mol. The van der Waals surface area contributed by atoms with Crippen LogP contribution in [0.2, 0.25) is 0 Å². The van der Waals surface area contributed by atoms with Gasteiger partial charge in [-0.3, -0.25) is 0 Å². The van der Waals surface area contributed by atoms with Crippen molar-refractivity contribution >= 4 is 0 Å². The predicted octanol–water partition coefficient (Wildman–Crippen LogP) is 5.86. The highest BCUT2D eigenvalue weighted by Crippen LogP contribution is 2.29. The lowest BCUT2D eigenvalue weighted by atomic mass is 9.91. The van der Waals surface area contributed by atoms with Crippen molar-refractivity contribution in [2.24, 2.45) is 0 Å². The topological polar surface area (TPSA) is 33.0 Å². The summed E-state index contributed by atoms with van der Waals surface area (Å²) in [7, 11) is 0. The molecule has 0 unspecified atom stereocenters. The van der Waals surface area contributed by atoms with E-state index < -0.39 is 0 Å². The zero-order valence-corrected chi connectivity index (χ0v) is 13.8. The molecule has 0 saturated carbocycles. The molecule has 0 fully saturated rings. The second kappa shape index (κ2) is 9.45. The molecule has 0 aliphatic carbocycles. The van der Waals surface area contributed by atoms with E-state index in [1.165, 1.54) is 38.5 Å². The Hall–Kier alpha value is -1.49. The van der Waals surface area contributed by atoms with Gasteiger partial charge in [-0.25, -0.2) is 0 Å². The summed E-state index contributed by atoms with van der Waals surface area (Å²) in [6, 6.07) is 9.63. The molecule has 1 rings (SSSR count). The van der Waals surface area contributed by atoms with Gasteiger partial charge in [0.25, 0.3) is 0 Å². The number of ether oxygens (including phenoxy) is 1. The van der Waals surface area contributed by atoms with E-state index in [2.05, 4.69) is 26.8 Å². The Morgan fingerprint density at radius 3 is 1.90 bits per heavy atom. The Bertz CT molecular complexity index is 420. The van der Waals surface area contributed by atoms with Gasteiger partial charge in [-0.1, -0.05) is 39.5 Å². The largest absolute Gasteiger partial charge is 0.488 e. The molecule has 2 heteroatoms. The lowest BCUT2D eigenvalue weighted by Gasteiger charge is -2.31. The summed E-state index contributed by atoms with van der Waals surface area (Å²) < 4.78 is 6.29. The number of nitriles is 1. The average Bonchev–Trinajstić information content (AvgIpc) is 2.48. The molecule has 0 N–H and O–H groups in total. The molecule has 2 nitrogen and oxygen atoms in total. The number of nitrogens with zero attached hydrogens (tertiary/aromatic N) is 1. The van der Waals surface area contributed by atoms with Crippen LogP contribution in [0.15, 0.2) is 24.3 Å². The highest BCUT2D eigenvalue weighted by atomic mass is 16.5. The van der Waals surface area contributed by atoms with Crippen molar-refractivity contribution in [2.45, 2.75) is 77.7 Å². The van der Waals surface area contributed by atoms with Gasteiger partial charge in [-0.2, -0.15) is 5.26 Å². The van der Waals surface area contributed by atoms with Crippen LogP contribution < -0.4 is 4.74 Å². The Morgan fingerprint density at radius 2 is 1.48 bits per heavy atom. The maximum atomic E-state index is 8.86. The van der Waals surface area contributed by atoms with E-state index in [9.17, 15) is 0 Å². The summed E-state index contributed by atoms with van der Waals surface area (Å²) in [6.07, 6.45) is 9.64. The average molecular weight is 287 g/mol. The van der Waals surface area contributed by atoms with Gasteiger partial charge < -0.3 is 4.74 Å². The monoisotopic (exact) mass is 287 g/mol. The van der Waals surface area contributed by atoms with E-state index in [1.807, 2.05) is 24.3 Å². The first kappa shape index (κ1) is 17.6. The van der Waals surface area contributed by atoms with Gasteiger partial charge in [0.15, 0.2) is 0 Å². The molecule has 0 bridgehead atoms. The fourth-order valence-corrected chi connectivity index (χ4v) is 2.61. The summed E-state index contributed by atoms with van der Waals surface area (Å²) in [4.78, 5) is 0. The van der Waals surface area contributed by atoms with Crippen LogP contribution in [0.25, 0.3) is 0 Å². The van der Waals surface area contributed by atoms with Crippen molar-refractivity contribution in [1.29, 1.82) is 5.26 Å². The molecule has 0 aromatic heterocycles. The first-order valence-corrected chi connectivity index (χ1v) is 8.32. The van der Waals surface area contributed by atoms with Crippen LogP contribution in [-0.4, -0.2) is 5.60 Å². The Kier molecular flexibility index (Phi) is 7.90. The highest BCUT2D eigenvalue weighted by molar-refractivity contribution is 5.34. The molecular formula is C19H29NO. The quantitative estimate of drug-likeness (QED) is 0.505. The number of rotatable bonds is 10. The van der Waals surface area contributed by atoms with Crippen LogP contribution >= 0.6 is 0 Å². The Balaban J connectivity index is 2.67. The molecule has 21 heavy (non-hydrogen) atoms. The van der Waals surface area contributed by atoms with Crippen LogP contribution in [0.1, 0.15) is 77.7 Å². The first-order chi connectivity index (χ1) is 10.1. The second-order valence-electron chi connectivity index (χ2n) is 6.10. The second-order valence-corrected chi connectivity index (χ2v) is 6.10. The molecule has 0 spiro atoms. The van der Waals surface area contributed by atoms with Gasteiger partial charge in [0.2, 0.25) is 0 Å². The third kappa shape index (κ3) is 6.67. The number of unbranched alkanes of at least 4 members (excludes halogenated alkanes) is 4. The first-order valence-electron chi connectivity index (χ1n) is 8.32. The van der Waals surface area contributed by atoms with E-state index in [4.69, 9.17) is 10.00 Å². The van der Waals surface area contributed by atoms with Gasteiger partial charge in [0, 0.05) is 0 Å². The molecule has 1 aromatic rings. The smallest absolute Gasteiger partial charge is 0.120 e. The molecule has 0 aliphatic heterocycles. The number of hydrogen-bond donors (Lipinski definition) is 0. The van der Waals surface area contributed by atoms with Crippen LogP contribution in [0.4, 0.5) is 0 Å². The van der Waals surface area contributed by atoms with Crippen molar-refractivity contribution in [3.63, 3.8) is 0 Å². The van der Waals surface area contributed by atoms with Gasteiger partial charge in [-0.05, 0) is 56.9 Å². The lowest BCUT2D eigenvalue weighted by Crippen LogP contribution is -2.32. The Morgan fingerprint density at radius 1 is 0.952 bits per heavy atom. The third-order valence-corrected chi connectivity index (χ3v) is 3.97. The molecule has 0 heterocycles. The highest BCUT2D eigenvalue weighted by Gasteiger charge is 2.25. The molecule has 0 radical (unpaired) electrons. The summed E-state index contributed by atoms with van der Waals surface area (Å²) in [5.41, 5.74) is 0.597. The van der Waals surface area contributed by atoms with E-state index in [-0.39, 0.29) is 5.60 Å². The number of benzene rings is 1. The van der Waals surface area contributed by atoms with Gasteiger partial charge in [-0.15, -0.1) is 0 Å². The van der Waals surface area contributed by atoms with Crippen LogP contribution in [0, 0.1) is 11.3 Å². The fourth-order valence-electron chi connectivity index (χ4n) is 2.61. The van der Waals surface area contributed by atoms with E-state index in [1.54, 1.807) is 0 Å². The Labute approximate surface area is 130 Å². The van der Waals surface area contributed by atoms with Crippen molar-refractivity contribution in [2.75, 3.05) is 0 Å². The molecule has 0 saturated heterocycles. The molecule has 0 aliphatic rings. The molecule has 0 atom stereocenters. The van der Waals surface area contributed by atoms with Crippen molar-refractivity contribution < 1.29 is 4.74 Å². The maximum absolute atomic E-state index is 8.86. The zero-order valence-electron chi connectivity index (χ0n) is 13.8. The summed E-state index contributed by atoms with van der Waals surface area (Å²) in [5, 5.41) is 8.86. The van der Waals surface area contributed by atoms with E-state index in [0.717, 1.165) is 18.6 Å². The predicted molar refractivity (Wildman–Crippen MR) is 88.5 cm³/mol. The normalized spacial score (nSPS) is 11.1. The standard InChI is InChI=1S/C19H29NO/c1-4-6-8-14-19(3,15-9-7-5-2)21-18-12-10-17(16-20)11-13-18/h10-13H,4-9,14-15H2,1-3H3. The SMILES string of the molecule is CCCCCC(C)(CCCCC)Oc1ccc(C#N)cc1. The van der Waals surface area contributed by atoms with Gasteiger partial charge in [0.1, 0.15) is 11.4 Å². The zero-order chi connectivity index (χ0) is 15.6. The maximum Gasteiger partial charge on any atom is 0.120 e. The summed E-state index contributed by atoms with van der Waals surface area (Å²) >= 11 is 0. The van der Waals surface area contributed by atoms with Crippen LogP contribution in [-0.2, 0) is 0 Å². The molecule has 0 amide bonds.